The fraction of sp³-hybridized carbons (Fsp3) is 0.0476. The number of rotatable bonds is 7. The average Bonchev–Trinajstić information content (AvgIpc) is 3.20. The van der Waals surface area contributed by atoms with Gasteiger partial charge in [0, 0.05) is 16.2 Å². The van der Waals surface area contributed by atoms with E-state index >= 15 is 0 Å². The van der Waals surface area contributed by atoms with Gasteiger partial charge in [-0.2, -0.15) is 5.26 Å². The first kappa shape index (κ1) is 21.5. The van der Waals surface area contributed by atoms with Crippen molar-refractivity contribution in [2.24, 2.45) is 0 Å². The minimum atomic E-state index is -3.67. The Balaban J connectivity index is 1.66. The topological polar surface area (TPSA) is 112 Å². The van der Waals surface area contributed by atoms with Gasteiger partial charge in [0.25, 0.3) is 5.91 Å². The van der Waals surface area contributed by atoms with E-state index in [0.717, 1.165) is 4.47 Å². The molecular weight excluding hydrogens is 470 g/mol. The molecule has 0 fully saturated rings. The van der Waals surface area contributed by atoms with Gasteiger partial charge in [-0.1, -0.05) is 34.1 Å². The van der Waals surface area contributed by atoms with Crippen molar-refractivity contribution in [2.45, 2.75) is 11.4 Å². The zero-order valence-electron chi connectivity index (χ0n) is 15.5. The van der Waals surface area contributed by atoms with Gasteiger partial charge >= 0.3 is 0 Å². The molecule has 0 unspecified atom stereocenters. The number of anilines is 1. The van der Waals surface area contributed by atoms with Crippen molar-refractivity contribution in [3.8, 4) is 6.07 Å². The number of carbonyl (C=O) groups excluding carboxylic acids is 1. The summed E-state index contributed by atoms with van der Waals surface area (Å²) in [5.74, 6) is 0.0142. The van der Waals surface area contributed by atoms with Crippen molar-refractivity contribution >= 4 is 43.6 Å². The lowest BCUT2D eigenvalue weighted by atomic mass is 10.2. The van der Waals surface area contributed by atoms with Gasteiger partial charge < -0.3 is 9.73 Å². The second-order valence-corrected chi connectivity index (χ2v) is 8.76. The SMILES string of the molecule is N#C/C(=C/c1ccc(CNS(=O)(=O)c2ccccc2)o1)C(=O)Nc1ccc(Br)cc1. The first-order valence-electron chi connectivity index (χ1n) is 8.69. The highest BCUT2D eigenvalue weighted by atomic mass is 79.9. The van der Waals surface area contributed by atoms with Gasteiger partial charge in [0.1, 0.15) is 23.2 Å². The lowest BCUT2D eigenvalue weighted by Gasteiger charge is -2.05. The summed E-state index contributed by atoms with van der Waals surface area (Å²) in [4.78, 5) is 12.5. The van der Waals surface area contributed by atoms with Crippen molar-refractivity contribution < 1.29 is 17.6 Å². The zero-order valence-corrected chi connectivity index (χ0v) is 17.9. The molecule has 0 bridgehead atoms. The molecule has 0 radical (unpaired) electrons. The molecule has 0 spiro atoms. The van der Waals surface area contributed by atoms with Gasteiger partial charge in [0.05, 0.1) is 11.4 Å². The van der Waals surface area contributed by atoms with Crippen LogP contribution in [0.25, 0.3) is 6.08 Å². The molecule has 0 aliphatic heterocycles. The molecule has 1 aromatic heterocycles. The number of sulfonamides is 1. The number of hydrogen-bond donors (Lipinski definition) is 2. The van der Waals surface area contributed by atoms with Crippen LogP contribution in [-0.2, 0) is 21.4 Å². The Morgan fingerprint density at radius 1 is 1.07 bits per heavy atom. The smallest absolute Gasteiger partial charge is 0.266 e. The molecule has 9 heteroatoms. The molecule has 1 heterocycles. The fourth-order valence-corrected chi connectivity index (χ4v) is 3.72. The van der Waals surface area contributed by atoms with Crippen molar-refractivity contribution in [3.05, 3.63) is 88.3 Å². The van der Waals surface area contributed by atoms with Crippen molar-refractivity contribution in [1.29, 1.82) is 5.26 Å². The lowest BCUT2D eigenvalue weighted by Crippen LogP contribution is -2.22. The number of nitrogens with one attached hydrogen (secondary N) is 2. The molecule has 7 nitrogen and oxygen atoms in total. The third-order valence-electron chi connectivity index (χ3n) is 3.93. The highest BCUT2D eigenvalue weighted by Crippen LogP contribution is 2.17. The fourth-order valence-electron chi connectivity index (χ4n) is 2.44. The Kier molecular flexibility index (Phi) is 6.84. The number of halogens is 1. The Morgan fingerprint density at radius 3 is 2.43 bits per heavy atom. The van der Waals surface area contributed by atoms with Gasteiger partial charge in [-0.15, -0.1) is 0 Å². The van der Waals surface area contributed by atoms with Gasteiger partial charge in [-0.05, 0) is 48.5 Å². The first-order chi connectivity index (χ1) is 14.4. The summed E-state index contributed by atoms with van der Waals surface area (Å²) in [6, 6.07) is 19.8. The highest BCUT2D eigenvalue weighted by molar-refractivity contribution is 9.10. The predicted octanol–water partition coefficient (Wildman–Crippen LogP) is 4.07. The maximum Gasteiger partial charge on any atom is 0.266 e. The first-order valence-corrected chi connectivity index (χ1v) is 11.0. The maximum absolute atomic E-state index is 12.3. The summed E-state index contributed by atoms with van der Waals surface area (Å²) in [6.45, 7) is -0.0714. The standard InChI is InChI=1S/C21H16BrN3O4S/c22-16-6-8-17(9-7-16)25-21(26)15(13-23)12-18-10-11-19(29-18)14-24-30(27,28)20-4-2-1-3-5-20/h1-12,24H,14H2,(H,25,26)/b15-12-. The largest absolute Gasteiger partial charge is 0.460 e. The van der Waals surface area contributed by atoms with E-state index < -0.39 is 15.9 Å². The molecule has 2 N–H and O–H groups in total. The molecule has 1 amide bonds. The van der Waals surface area contributed by atoms with E-state index in [1.165, 1.54) is 18.2 Å². The van der Waals surface area contributed by atoms with E-state index in [9.17, 15) is 18.5 Å². The lowest BCUT2D eigenvalue weighted by molar-refractivity contribution is -0.112. The number of hydrogen-bond acceptors (Lipinski definition) is 5. The zero-order chi connectivity index (χ0) is 21.6. The molecule has 0 aliphatic carbocycles. The Hall–Kier alpha value is -3.19. The molecule has 30 heavy (non-hydrogen) atoms. The number of nitrogens with zero attached hydrogens (tertiary/aromatic N) is 1. The van der Waals surface area contributed by atoms with Crippen molar-refractivity contribution in [2.75, 3.05) is 5.32 Å². The van der Waals surface area contributed by atoms with Crippen LogP contribution < -0.4 is 10.0 Å². The minimum absolute atomic E-state index is 0.0714. The Morgan fingerprint density at radius 2 is 1.77 bits per heavy atom. The van der Waals surface area contributed by atoms with Crippen LogP contribution in [0, 0.1) is 11.3 Å². The van der Waals surface area contributed by atoms with Gasteiger partial charge in [0.15, 0.2) is 0 Å². The molecule has 3 rings (SSSR count). The molecule has 0 atom stereocenters. The third kappa shape index (κ3) is 5.67. The molecule has 2 aromatic carbocycles. The summed E-state index contributed by atoms with van der Waals surface area (Å²) in [7, 11) is -3.67. The summed E-state index contributed by atoms with van der Waals surface area (Å²) in [5.41, 5.74) is 0.392. The van der Waals surface area contributed by atoms with Gasteiger partial charge in [-0.3, -0.25) is 4.79 Å². The monoisotopic (exact) mass is 485 g/mol. The normalized spacial score (nSPS) is 11.7. The van der Waals surface area contributed by atoms with Gasteiger partial charge in [0.2, 0.25) is 10.0 Å². The van der Waals surface area contributed by atoms with Crippen LogP contribution in [0.4, 0.5) is 5.69 Å². The van der Waals surface area contributed by atoms with Crippen LogP contribution >= 0.6 is 15.9 Å². The summed E-state index contributed by atoms with van der Waals surface area (Å²) < 4.78 is 33.3. The van der Waals surface area contributed by atoms with E-state index in [1.54, 1.807) is 54.6 Å². The quantitative estimate of drug-likeness (QED) is 0.386. The van der Waals surface area contributed by atoms with Crippen LogP contribution in [0.15, 0.2) is 86.1 Å². The van der Waals surface area contributed by atoms with Crippen molar-refractivity contribution in [3.63, 3.8) is 0 Å². The minimum Gasteiger partial charge on any atom is -0.460 e. The van der Waals surface area contributed by atoms with Crippen molar-refractivity contribution in [1.82, 2.24) is 4.72 Å². The average molecular weight is 486 g/mol. The second kappa shape index (κ2) is 9.54. The summed E-state index contributed by atoms with van der Waals surface area (Å²) in [5, 5.41) is 11.9. The summed E-state index contributed by atoms with van der Waals surface area (Å²) >= 11 is 3.31. The van der Waals surface area contributed by atoms with Crippen LogP contribution in [-0.4, -0.2) is 14.3 Å². The van der Waals surface area contributed by atoms with E-state index in [-0.39, 0.29) is 22.8 Å². The van der Waals surface area contributed by atoms with Crippen LogP contribution in [0.1, 0.15) is 11.5 Å². The van der Waals surface area contributed by atoms with E-state index in [0.29, 0.717) is 11.4 Å². The molecule has 3 aromatic rings. The van der Waals surface area contributed by atoms with E-state index in [1.807, 2.05) is 6.07 Å². The molecule has 0 saturated heterocycles. The maximum atomic E-state index is 12.3. The van der Waals surface area contributed by atoms with Crippen LogP contribution in [0.2, 0.25) is 0 Å². The Labute approximate surface area is 182 Å². The van der Waals surface area contributed by atoms with E-state index in [2.05, 4.69) is 26.0 Å². The number of amides is 1. The number of furan rings is 1. The molecule has 152 valence electrons. The number of benzene rings is 2. The third-order valence-corrected chi connectivity index (χ3v) is 5.87. The molecule has 0 aliphatic rings. The molecular formula is C21H16BrN3O4S. The molecule has 0 saturated carbocycles. The second-order valence-electron chi connectivity index (χ2n) is 6.07. The summed E-state index contributed by atoms with van der Waals surface area (Å²) in [6.07, 6.45) is 1.30. The van der Waals surface area contributed by atoms with Gasteiger partial charge in [-0.25, -0.2) is 13.1 Å². The Bertz CT molecular complexity index is 1210. The number of carbonyl (C=O) groups is 1. The van der Waals surface area contributed by atoms with Crippen LogP contribution in [0.3, 0.4) is 0 Å². The number of nitriles is 1. The predicted molar refractivity (Wildman–Crippen MR) is 116 cm³/mol. The van der Waals surface area contributed by atoms with E-state index in [4.69, 9.17) is 4.42 Å². The van der Waals surface area contributed by atoms with Crippen LogP contribution in [0.5, 0.6) is 0 Å². The highest BCUT2D eigenvalue weighted by Gasteiger charge is 2.15.